The Hall–Kier alpha value is -4.01. The molecule has 42 heavy (non-hydrogen) atoms. The first kappa shape index (κ1) is 28.1. The summed E-state index contributed by atoms with van der Waals surface area (Å²) in [4.78, 5) is 15.0. The highest BCUT2D eigenvalue weighted by atomic mass is 79.9. The van der Waals surface area contributed by atoms with Crippen molar-refractivity contribution >= 4 is 50.2 Å². The number of hydrazone groups is 1. The van der Waals surface area contributed by atoms with Gasteiger partial charge in [0.1, 0.15) is 0 Å². The SMILES string of the molecule is COc1cccc([C@H]2CC(c3ccc(Br)cc3)=NN2C(=O)CSc2cn(Cc3ccccc3)c3ccccc23)c1OC. The van der Waals surface area contributed by atoms with Crippen LogP contribution in [0.5, 0.6) is 11.5 Å². The average molecular weight is 641 g/mol. The molecule has 1 amide bonds. The lowest BCUT2D eigenvalue weighted by Crippen LogP contribution is -2.28. The quantitative estimate of drug-likeness (QED) is 0.154. The topological polar surface area (TPSA) is 56.1 Å². The summed E-state index contributed by atoms with van der Waals surface area (Å²) in [5.41, 5.74) is 5.08. The number of amides is 1. The summed E-state index contributed by atoms with van der Waals surface area (Å²) in [6.07, 6.45) is 2.72. The molecular formula is C34H30BrN3O3S. The standard InChI is InChI=1S/C34H30BrN3O3S/c1-40-31-14-8-12-27(34(31)41-2)30-19-28(24-15-17-25(35)18-16-24)36-38(30)33(39)22-42-32-21-37(20-23-9-4-3-5-10-23)29-13-7-6-11-26(29)32/h3-18,21,30H,19-20,22H2,1-2H3/t30-/m1/s1. The van der Waals surface area contributed by atoms with Crippen LogP contribution in [-0.4, -0.2) is 41.2 Å². The number of para-hydroxylation sites is 2. The number of benzene rings is 4. The molecule has 5 aromatic rings. The maximum atomic E-state index is 13.9. The molecule has 212 valence electrons. The van der Waals surface area contributed by atoms with E-state index in [0.717, 1.165) is 43.7 Å². The Balaban J connectivity index is 1.30. The third-order valence-electron chi connectivity index (χ3n) is 7.43. The van der Waals surface area contributed by atoms with Crippen LogP contribution in [-0.2, 0) is 11.3 Å². The molecule has 0 fully saturated rings. The number of thioether (sulfide) groups is 1. The summed E-state index contributed by atoms with van der Waals surface area (Å²) < 4.78 is 14.6. The summed E-state index contributed by atoms with van der Waals surface area (Å²) in [6.45, 7) is 0.764. The number of nitrogens with zero attached hydrogens (tertiary/aromatic N) is 3. The van der Waals surface area contributed by atoms with Gasteiger partial charge in [-0.2, -0.15) is 5.10 Å². The van der Waals surface area contributed by atoms with E-state index in [1.54, 1.807) is 31.0 Å². The Morgan fingerprint density at radius 1 is 0.929 bits per heavy atom. The zero-order chi connectivity index (χ0) is 29.1. The van der Waals surface area contributed by atoms with Gasteiger partial charge in [-0.05, 0) is 35.4 Å². The lowest BCUT2D eigenvalue weighted by molar-refractivity contribution is -0.130. The van der Waals surface area contributed by atoms with Crippen LogP contribution in [0.1, 0.15) is 29.2 Å². The van der Waals surface area contributed by atoms with Crippen LogP contribution in [0.3, 0.4) is 0 Å². The summed E-state index contributed by atoms with van der Waals surface area (Å²) in [6, 6.07) is 32.2. The van der Waals surface area contributed by atoms with Crippen LogP contribution in [0.2, 0.25) is 0 Å². The molecular weight excluding hydrogens is 610 g/mol. The number of halogens is 1. The predicted molar refractivity (Wildman–Crippen MR) is 173 cm³/mol. The Morgan fingerprint density at radius 3 is 2.45 bits per heavy atom. The van der Waals surface area contributed by atoms with Gasteiger partial charge in [0, 0.05) is 45.0 Å². The number of rotatable bonds is 9. The first-order valence-corrected chi connectivity index (χ1v) is 15.4. The number of methoxy groups -OCH3 is 2. The number of ether oxygens (including phenoxy) is 2. The molecule has 6 rings (SSSR count). The van der Waals surface area contributed by atoms with E-state index in [2.05, 4.69) is 69.2 Å². The van der Waals surface area contributed by atoms with Gasteiger partial charge < -0.3 is 14.0 Å². The van der Waals surface area contributed by atoms with Gasteiger partial charge in [0.2, 0.25) is 0 Å². The molecule has 0 radical (unpaired) electrons. The van der Waals surface area contributed by atoms with E-state index < -0.39 is 0 Å². The van der Waals surface area contributed by atoms with Gasteiger partial charge in [-0.15, -0.1) is 11.8 Å². The van der Waals surface area contributed by atoms with Crippen molar-refractivity contribution in [3.8, 4) is 11.5 Å². The van der Waals surface area contributed by atoms with Gasteiger partial charge in [-0.1, -0.05) is 88.7 Å². The van der Waals surface area contributed by atoms with Crippen LogP contribution in [0.4, 0.5) is 0 Å². The number of hydrogen-bond acceptors (Lipinski definition) is 5. The summed E-state index contributed by atoms with van der Waals surface area (Å²) >= 11 is 5.06. The van der Waals surface area contributed by atoms with E-state index in [9.17, 15) is 4.79 Å². The lowest BCUT2D eigenvalue weighted by Gasteiger charge is -2.24. The predicted octanol–water partition coefficient (Wildman–Crippen LogP) is 7.94. The van der Waals surface area contributed by atoms with E-state index in [-0.39, 0.29) is 17.7 Å². The lowest BCUT2D eigenvalue weighted by atomic mass is 9.97. The smallest absolute Gasteiger partial charge is 0.253 e. The molecule has 6 nitrogen and oxygen atoms in total. The van der Waals surface area contributed by atoms with Crippen LogP contribution in [0, 0.1) is 0 Å². The molecule has 0 unspecified atom stereocenters. The molecule has 1 aliphatic rings. The van der Waals surface area contributed by atoms with E-state index in [4.69, 9.17) is 14.6 Å². The Kier molecular flexibility index (Phi) is 8.35. The zero-order valence-corrected chi connectivity index (χ0v) is 25.8. The van der Waals surface area contributed by atoms with Gasteiger partial charge in [-0.3, -0.25) is 4.79 Å². The highest BCUT2D eigenvalue weighted by molar-refractivity contribution is 9.10. The fraction of sp³-hybridized carbons (Fsp3) is 0.176. The van der Waals surface area contributed by atoms with Crippen LogP contribution >= 0.6 is 27.7 Å². The van der Waals surface area contributed by atoms with Gasteiger partial charge in [-0.25, -0.2) is 5.01 Å². The van der Waals surface area contributed by atoms with Crippen molar-refractivity contribution < 1.29 is 14.3 Å². The molecule has 1 aromatic heterocycles. The molecule has 1 atom stereocenters. The van der Waals surface area contributed by atoms with Crippen molar-refractivity contribution in [3.63, 3.8) is 0 Å². The van der Waals surface area contributed by atoms with Crippen molar-refractivity contribution in [1.82, 2.24) is 9.58 Å². The van der Waals surface area contributed by atoms with E-state index in [1.165, 1.54) is 5.56 Å². The van der Waals surface area contributed by atoms with Crippen molar-refractivity contribution in [3.05, 3.63) is 124 Å². The minimum atomic E-state index is -0.318. The van der Waals surface area contributed by atoms with Crippen LogP contribution in [0.15, 0.2) is 118 Å². The molecule has 0 N–H and O–H groups in total. The molecule has 2 heterocycles. The van der Waals surface area contributed by atoms with Gasteiger partial charge in [0.25, 0.3) is 5.91 Å². The second-order valence-corrected chi connectivity index (χ2v) is 11.9. The molecule has 0 bridgehead atoms. The van der Waals surface area contributed by atoms with Gasteiger partial charge >= 0.3 is 0 Å². The fourth-order valence-electron chi connectivity index (χ4n) is 5.42. The fourth-order valence-corrected chi connectivity index (χ4v) is 6.62. The van der Waals surface area contributed by atoms with Gasteiger partial charge in [0.05, 0.1) is 31.7 Å². The van der Waals surface area contributed by atoms with Crippen molar-refractivity contribution in [2.45, 2.75) is 23.9 Å². The highest BCUT2D eigenvalue weighted by Crippen LogP contribution is 2.42. The average Bonchev–Trinajstić information content (AvgIpc) is 3.63. The van der Waals surface area contributed by atoms with Crippen LogP contribution in [0.25, 0.3) is 10.9 Å². The molecule has 4 aromatic carbocycles. The maximum absolute atomic E-state index is 13.9. The third-order valence-corrected chi connectivity index (χ3v) is 8.99. The Morgan fingerprint density at radius 2 is 1.69 bits per heavy atom. The van der Waals surface area contributed by atoms with Crippen LogP contribution < -0.4 is 9.47 Å². The minimum Gasteiger partial charge on any atom is -0.493 e. The molecule has 0 aliphatic carbocycles. The molecule has 0 spiro atoms. The number of carbonyl (C=O) groups is 1. The Labute approximate surface area is 258 Å². The van der Waals surface area contributed by atoms with Crippen molar-refractivity contribution in [1.29, 1.82) is 0 Å². The number of carbonyl (C=O) groups excluding carboxylic acids is 1. The third kappa shape index (κ3) is 5.69. The number of aromatic nitrogens is 1. The highest BCUT2D eigenvalue weighted by Gasteiger charge is 2.35. The second-order valence-electron chi connectivity index (χ2n) is 10.0. The normalized spacial score (nSPS) is 14.7. The van der Waals surface area contributed by atoms with Crippen molar-refractivity contribution in [2.24, 2.45) is 5.10 Å². The zero-order valence-electron chi connectivity index (χ0n) is 23.4. The first-order valence-electron chi connectivity index (χ1n) is 13.7. The summed E-state index contributed by atoms with van der Waals surface area (Å²) in [7, 11) is 3.24. The molecule has 8 heteroatoms. The van der Waals surface area contributed by atoms with Crippen molar-refractivity contribution in [2.75, 3.05) is 20.0 Å². The maximum Gasteiger partial charge on any atom is 0.253 e. The Bertz CT molecular complexity index is 1750. The number of hydrogen-bond donors (Lipinski definition) is 0. The molecule has 0 saturated heterocycles. The first-order chi connectivity index (χ1) is 20.6. The van der Waals surface area contributed by atoms with E-state index >= 15 is 0 Å². The number of fused-ring (bicyclic) bond motifs is 1. The minimum absolute atomic E-state index is 0.0677. The van der Waals surface area contributed by atoms with E-state index in [1.807, 2.05) is 54.6 Å². The molecule has 0 saturated carbocycles. The van der Waals surface area contributed by atoms with Gasteiger partial charge in [0.15, 0.2) is 11.5 Å². The largest absolute Gasteiger partial charge is 0.493 e. The van der Waals surface area contributed by atoms with E-state index in [0.29, 0.717) is 17.9 Å². The second kappa shape index (κ2) is 12.5. The monoisotopic (exact) mass is 639 g/mol. The summed E-state index contributed by atoms with van der Waals surface area (Å²) in [5.74, 6) is 1.42. The summed E-state index contributed by atoms with van der Waals surface area (Å²) in [5, 5.41) is 7.65. The molecule has 1 aliphatic heterocycles.